The number of Topliss-reactive ketones (excluding diaryl/α,β-unsaturated/α-hetero) is 2. The number of carbonyl (C=O) groups is 2. The average Bonchev–Trinajstić information content (AvgIpc) is 2.22. The Hall–Kier alpha value is 0.0500. The largest absolute Gasteiger partial charge is 0.394 e. The van der Waals surface area contributed by atoms with E-state index in [1.807, 2.05) is 0 Å². The number of halogens is 3. The quantitative estimate of drug-likeness (QED) is 0.368. The van der Waals surface area contributed by atoms with Gasteiger partial charge in [0.1, 0.15) is 18.3 Å². The van der Waals surface area contributed by atoms with Gasteiger partial charge in [-0.05, 0) is 0 Å². The standard InChI is InChI=1S/C8H11Cl3O6/c9-8(10,11)1-3(13)5(15)7(17)6(16)4(14)2-12/h3-4,6,12-14,16H,1-2H2/t3?,4-,6-/m1/s1. The van der Waals surface area contributed by atoms with Gasteiger partial charge < -0.3 is 20.4 Å². The van der Waals surface area contributed by atoms with E-state index in [2.05, 4.69) is 0 Å². The summed E-state index contributed by atoms with van der Waals surface area (Å²) in [5, 5.41) is 35.8. The lowest BCUT2D eigenvalue weighted by atomic mass is 10.0. The Bertz CT molecular complexity index is 289. The maximum absolute atomic E-state index is 11.3. The first-order valence-electron chi connectivity index (χ1n) is 4.40. The van der Waals surface area contributed by atoms with Crippen LogP contribution in [-0.2, 0) is 9.59 Å². The van der Waals surface area contributed by atoms with E-state index in [-0.39, 0.29) is 0 Å². The predicted octanol–water partition coefficient (Wildman–Crippen LogP) is -1.04. The topological polar surface area (TPSA) is 115 Å². The number of alkyl halides is 3. The molecule has 0 aromatic carbocycles. The lowest BCUT2D eigenvalue weighted by Gasteiger charge is -2.18. The SMILES string of the molecule is O=C(C(=O)[C@H](O)[C@H](O)CO)C(O)CC(Cl)(Cl)Cl. The molecule has 0 aromatic heterocycles. The van der Waals surface area contributed by atoms with E-state index in [1.165, 1.54) is 0 Å². The Morgan fingerprint density at radius 3 is 1.88 bits per heavy atom. The average molecular weight is 310 g/mol. The van der Waals surface area contributed by atoms with Crippen LogP contribution in [0, 0.1) is 0 Å². The maximum atomic E-state index is 11.3. The molecule has 0 amide bonds. The highest BCUT2D eigenvalue weighted by Crippen LogP contribution is 2.31. The zero-order chi connectivity index (χ0) is 13.8. The summed E-state index contributed by atoms with van der Waals surface area (Å²) in [6, 6.07) is 0. The molecule has 9 heteroatoms. The van der Waals surface area contributed by atoms with Gasteiger partial charge in [0.2, 0.25) is 11.6 Å². The Morgan fingerprint density at radius 1 is 1.06 bits per heavy atom. The van der Waals surface area contributed by atoms with Crippen molar-refractivity contribution in [1.82, 2.24) is 0 Å². The summed E-state index contributed by atoms with van der Waals surface area (Å²) in [5.41, 5.74) is 0. The minimum absolute atomic E-state index is 0.635. The van der Waals surface area contributed by atoms with E-state index in [0.717, 1.165) is 0 Å². The van der Waals surface area contributed by atoms with Crippen LogP contribution < -0.4 is 0 Å². The molecule has 0 aliphatic heterocycles. The molecule has 0 bridgehead atoms. The fourth-order valence-electron chi connectivity index (χ4n) is 0.896. The number of hydrogen-bond donors (Lipinski definition) is 4. The summed E-state index contributed by atoms with van der Waals surface area (Å²) < 4.78 is -1.93. The first-order valence-corrected chi connectivity index (χ1v) is 5.53. The second kappa shape index (κ2) is 6.84. The summed E-state index contributed by atoms with van der Waals surface area (Å²) in [6.45, 7) is -0.916. The van der Waals surface area contributed by atoms with Gasteiger partial charge in [-0.1, -0.05) is 34.8 Å². The molecule has 4 N–H and O–H groups in total. The molecule has 0 spiro atoms. The monoisotopic (exact) mass is 308 g/mol. The van der Waals surface area contributed by atoms with Gasteiger partial charge >= 0.3 is 0 Å². The number of rotatable bonds is 6. The van der Waals surface area contributed by atoms with Crippen molar-refractivity contribution in [1.29, 1.82) is 0 Å². The fourth-order valence-corrected chi connectivity index (χ4v) is 1.33. The van der Waals surface area contributed by atoms with Crippen LogP contribution in [-0.4, -0.2) is 60.7 Å². The number of aliphatic hydroxyl groups is 4. The van der Waals surface area contributed by atoms with Crippen LogP contribution >= 0.6 is 34.8 Å². The molecular weight excluding hydrogens is 298 g/mol. The molecule has 0 saturated heterocycles. The van der Waals surface area contributed by atoms with Crippen molar-refractivity contribution in [2.75, 3.05) is 6.61 Å². The van der Waals surface area contributed by atoms with E-state index in [9.17, 15) is 14.7 Å². The summed E-state index contributed by atoms with van der Waals surface area (Å²) >= 11 is 15.9. The van der Waals surface area contributed by atoms with Crippen molar-refractivity contribution in [3.8, 4) is 0 Å². The van der Waals surface area contributed by atoms with Crippen LogP contribution in [0.4, 0.5) is 0 Å². The minimum atomic E-state index is -2.13. The normalized spacial score (nSPS) is 17.4. The van der Waals surface area contributed by atoms with E-state index in [0.29, 0.717) is 0 Å². The van der Waals surface area contributed by atoms with Gasteiger partial charge in [0.05, 0.1) is 6.61 Å². The van der Waals surface area contributed by atoms with Crippen molar-refractivity contribution < 1.29 is 30.0 Å². The van der Waals surface area contributed by atoms with Gasteiger partial charge in [0.25, 0.3) is 0 Å². The third-order valence-corrected chi connectivity index (χ3v) is 2.25. The smallest absolute Gasteiger partial charge is 0.232 e. The highest BCUT2D eigenvalue weighted by Gasteiger charge is 2.36. The molecule has 0 aliphatic carbocycles. The molecule has 0 rings (SSSR count). The second-order valence-electron chi connectivity index (χ2n) is 3.26. The van der Waals surface area contributed by atoms with E-state index in [4.69, 9.17) is 50.1 Å². The van der Waals surface area contributed by atoms with Crippen LogP contribution in [0.25, 0.3) is 0 Å². The van der Waals surface area contributed by atoms with Crippen LogP contribution in [0.3, 0.4) is 0 Å². The molecule has 0 radical (unpaired) electrons. The molecule has 0 heterocycles. The summed E-state index contributed by atoms with van der Waals surface area (Å²) in [5.74, 6) is -2.87. The first kappa shape index (κ1) is 17.1. The Kier molecular flexibility index (Phi) is 6.86. The van der Waals surface area contributed by atoms with Crippen LogP contribution in [0.5, 0.6) is 0 Å². The highest BCUT2D eigenvalue weighted by molar-refractivity contribution is 6.67. The Morgan fingerprint density at radius 2 is 1.53 bits per heavy atom. The predicted molar refractivity (Wildman–Crippen MR) is 60.0 cm³/mol. The molecule has 1 unspecified atom stereocenters. The van der Waals surface area contributed by atoms with Crippen molar-refractivity contribution in [2.24, 2.45) is 0 Å². The third-order valence-electron chi connectivity index (χ3n) is 1.79. The second-order valence-corrected chi connectivity index (χ2v) is 5.77. The summed E-state index contributed by atoms with van der Waals surface area (Å²) in [4.78, 5) is 22.5. The fraction of sp³-hybridized carbons (Fsp3) is 0.750. The number of hydrogen-bond acceptors (Lipinski definition) is 6. The minimum Gasteiger partial charge on any atom is -0.394 e. The number of carbonyl (C=O) groups excluding carboxylic acids is 2. The molecule has 0 fully saturated rings. The van der Waals surface area contributed by atoms with Crippen LogP contribution in [0.15, 0.2) is 0 Å². The molecular formula is C8H11Cl3O6. The molecule has 3 atom stereocenters. The Labute approximate surface area is 112 Å². The van der Waals surface area contributed by atoms with Crippen molar-refractivity contribution >= 4 is 46.4 Å². The summed E-state index contributed by atoms with van der Waals surface area (Å²) in [7, 11) is 0. The van der Waals surface area contributed by atoms with Gasteiger partial charge in [-0.25, -0.2) is 0 Å². The van der Waals surface area contributed by atoms with Crippen molar-refractivity contribution in [3.63, 3.8) is 0 Å². The van der Waals surface area contributed by atoms with Crippen molar-refractivity contribution in [3.05, 3.63) is 0 Å². The van der Waals surface area contributed by atoms with E-state index >= 15 is 0 Å². The maximum Gasteiger partial charge on any atom is 0.232 e. The molecule has 6 nitrogen and oxygen atoms in total. The molecule has 0 saturated carbocycles. The van der Waals surface area contributed by atoms with E-state index in [1.54, 1.807) is 0 Å². The zero-order valence-corrected chi connectivity index (χ0v) is 10.7. The van der Waals surface area contributed by atoms with Gasteiger partial charge in [-0.2, -0.15) is 0 Å². The summed E-state index contributed by atoms with van der Waals surface area (Å²) in [6.07, 6.45) is -6.48. The number of ketones is 2. The van der Waals surface area contributed by atoms with Crippen molar-refractivity contribution in [2.45, 2.75) is 28.5 Å². The lowest BCUT2D eigenvalue weighted by molar-refractivity contribution is -0.150. The Balaban J connectivity index is 4.55. The highest BCUT2D eigenvalue weighted by atomic mass is 35.6. The van der Waals surface area contributed by atoms with Gasteiger partial charge in [-0.15, -0.1) is 0 Å². The third kappa shape index (κ3) is 5.96. The van der Waals surface area contributed by atoms with Gasteiger partial charge in [0.15, 0.2) is 3.79 Å². The van der Waals surface area contributed by atoms with Crippen LogP contribution in [0.1, 0.15) is 6.42 Å². The van der Waals surface area contributed by atoms with Gasteiger partial charge in [-0.3, -0.25) is 9.59 Å². The van der Waals surface area contributed by atoms with E-state index < -0.39 is 46.7 Å². The van der Waals surface area contributed by atoms with Crippen LogP contribution in [0.2, 0.25) is 0 Å². The molecule has 0 aromatic rings. The van der Waals surface area contributed by atoms with Gasteiger partial charge in [0, 0.05) is 6.42 Å². The molecule has 100 valence electrons. The molecule has 0 aliphatic rings. The molecule has 17 heavy (non-hydrogen) atoms. The lowest BCUT2D eigenvalue weighted by Crippen LogP contribution is -2.44. The number of aliphatic hydroxyl groups excluding tert-OH is 4. The zero-order valence-electron chi connectivity index (χ0n) is 8.39. The first-order chi connectivity index (χ1) is 7.60.